The van der Waals surface area contributed by atoms with Crippen LogP contribution in [0.1, 0.15) is 0 Å². The zero-order valence-electron chi connectivity index (χ0n) is 27.9. The summed E-state index contributed by atoms with van der Waals surface area (Å²) in [5.41, 5.74) is 10.4. The minimum Gasteiger partial charge on any atom is -0.455 e. The normalized spacial score (nSPS) is 11.8. The first-order valence-corrected chi connectivity index (χ1v) is 18.3. The Labute approximate surface area is 303 Å². The van der Waals surface area contributed by atoms with Crippen molar-refractivity contribution in [3.63, 3.8) is 0 Å². The average molecular weight is 681 g/mol. The molecule has 0 aliphatic carbocycles. The molecule has 3 aromatic heterocycles. The van der Waals surface area contributed by atoms with Crippen molar-refractivity contribution in [2.75, 3.05) is 0 Å². The van der Waals surface area contributed by atoms with Crippen LogP contribution in [0.15, 0.2) is 174 Å². The summed E-state index contributed by atoms with van der Waals surface area (Å²) in [6, 6.07) is 60.2. The van der Waals surface area contributed by atoms with Gasteiger partial charge in [-0.1, -0.05) is 140 Å². The molecule has 0 fully saturated rings. The van der Waals surface area contributed by atoms with Crippen LogP contribution in [-0.2, 0) is 0 Å². The number of benzene rings is 8. The molecule has 0 radical (unpaired) electrons. The Kier molecular flexibility index (Phi) is 6.42. The SMILES string of the molecule is c1ccc(-c2ccc3oc4c5ccccc5c(-c5nc(-c6ccc(-c7ccc8ccccc8c7)cc6)c6sc7ccccc7c6n5)cc4c3c2)cc1. The molecule has 8 aromatic carbocycles. The minimum absolute atomic E-state index is 0.705. The first-order chi connectivity index (χ1) is 25.7. The minimum atomic E-state index is 0.705. The third-order valence-electron chi connectivity index (χ3n) is 10.3. The quantitative estimate of drug-likeness (QED) is 0.186. The van der Waals surface area contributed by atoms with Crippen LogP contribution in [-0.4, -0.2) is 9.97 Å². The summed E-state index contributed by atoms with van der Waals surface area (Å²) in [5, 5.41) is 7.88. The second kappa shape index (κ2) is 11.5. The molecule has 0 amide bonds. The summed E-state index contributed by atoms with van der Waals surface area (Å²) >= 11 is 1.76. The van der Waals surface area contributed by atoms with Gasteiger partial charge in [-0.15, -0.1) is 11.3 Å². The van der Waals surface area contributed by atoms with Crippen molar-refractivity contribution in [2.24, 2.45) is 0 Å². The van der Waals surface area contributed by atoms with Gasteiger partial charge in [-0.3, -0.25) is 0 Å². The molecular formula is C48H28N2OS. The highest BCUT2D eigenvalue weighted by molar-refractivity contribution is 7.26. The Hall–Kier alpha value is -6.62. The van der Waals surface area contributed by atoms with Crippen LogP contribution in [0.5, 0.6) is 0 Å². The van der Waals surface area contributed by atoms with Gasteiger partial charge in [0.1, 0.15) is 11.2 Å². The maximum absolute atomic E-state index is 6.59. The molecule has 0 saturated heterocycles. The Balaban J connectivity index is 1.13. The molecule has 0 aliphatic rings. The molecule has 0 bridgehead atoms. The largest absolute Gasteiger partial charge is 0.455 e. The molecule has 11 rings (SSSR count). The molecule has 0 unspecified atom stereocenters. The predicted molar refractivity (Wildman–Crippen MR) is 219 cm³/mol. The number of fused-ring (bicyclic) bond motifs is 9. The average Bonchev–Trinajstić information content (AvgIpc) is 3.79. The van der Waals surface area contributed by atoms with Crippen molar-refractivity contribution >= 4 is 75.1 Å². The van der Waals surface area contributed by atoms with Crippen molar-refractivity contribution in [3.8, 4) is 44.9 Å². The first kappa shape index (κ1) is 29.1. The monoisotopic (exact) mass is 680 g/mol. The fourth-order valence-electron chi connectivity index (χ4n) is 7.69. The Morgan fingerprint density at radius 2 is 1.08 bits per heavy atom. The van der Waals surface area contributed by atoms with Crippen molar-refractivity contribution in [3.05, 3.63) is 170 Å². The zero-order valence-corrected chi connectivity index (χ0v) is 28.7. The van der Waals surface area contributed by atoms with Gasteiger partial charge in [-0.05, 0) is 68.7 Å². The van der Waals surface area contributed by atoms with Crippen LogP contribution in [0.2, 0.25) is 0 Å². The van der Waals surface area contributed by atoms with Crippen LogP contribution in [0.25, 0.3) is 109 Å². The lowest BCUT2D eigenvalue weighted by molar-refractivity contribution is 0.673. The molecule has 0 spiro atoms. The van der Waals surface area contributed by atoms with E-state index in [1.165, 1.54) is 32.2 Å². The van der Waals surface area contributed by atoms with Crippen molar-refractivity contribution in [2.45, 2.75) is 0 Å². The lowest BCUT2D eigenvalue weighted by Crippen LogP contribution is -1.95. The highest BCUT2D eigenvalue weighted by Gasteiger charge is 2.21. The fraction of sp³-hybridized carbons (Fsp3) is 0. The second-order valence-electron chi connectivity index (χ2n) is 13.3. The number of nitrogens with zero attached hydrogens (tertiary/aromatic N) is 2. The molecule has 4 heteroatoms. The van der Waals surface area contributed by atoms with Crippen LogP contribution < -0.4 is 0 Å². The van der Waals surface area contributed by atoms with Gasteiger partial charge < -0.3 is 4.42 Å². The van der Waals surface area contributed by atoms with E-state index in [1.54, 1.807) is 11.3 Å². The number of aromatic nitrogens is 2. The zero-order chi connectivity index (χ0) is 34.2. The summed E-state index contributed by atoms with van der Waals surface area (Å²) in [4.78, 5) is 10.8. The van der Waals surface area contributed by atoms with Gasteiger partial charge >= 0.3 is 0 Å². The van der Waals surface area contributed by atoms with E-state index >= 15 is 0 Å². The summed E-state index contributed by atoms with van der Waals surface area (Å²) in [7, 11) is 0. The van der Waals surface area contributed by atoms with Crippen LogP contribution >= 0.6 is 11.3 Å². The van der Waals surface area contributed by atoms with Gasteiger partial charge in [-0.25, -0.2) is 9.97 Å². The van der Waals surface area contributed by atoms with Crippen LogP contribution in [0.4, 0.5) is 0 Å². The molecule has 0 saturated carbocycles. The topological polar surface area (TPSA) is 38.9 Å². The van der Waals surface area contributed by atoms with E-state index in [0.717, 1.165) is 70.7 Å². The highest BCUT2D eigenvalue weighted by atomic mass is 32.1. The maximum atomic E-state index is 6.59. The van der Waals surface area contributed by atoms with Crippen LogP contribution in [0, 0.1) is 0 Å². The molecule has 0 atom stereocenters. The molecule has 52 heavy (non-hydrogen) atoms. The highest BCUT2D eigenvalue weighted by Crippen LogP contribution is 2.43. The van der Waals surface area contributed by atoms with E-state index in [4.69, 9.17) is 14.4 Å². The number of hydrogen-bond donors (Lipinski definition) is 0. The summed E-state index contributed by atoms with van der Waals surface area (Å²) in [5.74, 6) is 0.705. The van der Waals surface area contributed by atoms with Crippen molar-refractivity contribution in [1.29, 1.82) is 0 Å². The second-order valence-corrected chi connectivity index (χ2v) is 14.4. The number of rotatable bonds is 4. The lowest BCUT2D eigenvalue weighted by atomic mass is 9.97. The molecule has 11 aromatic rings. The molecule has 0 N–H and O–H groups in total. The Morgan fingerprint density at radius 1 is 0.423 bits per heavy atom. The van der Waals surface area contributed by atoms with E-state index in [2.05, 4.69) is 170 Å². The number of furan rings is 1. The van der Waals surface area contributed by atoms with Gasteiger partial charge in [0.25, 0.3) is 0 Å². The van der Waals surface area contributed by atoms with Crippen molar-refractivity contribution in [1.82, 2.24) is 9.97 Å². The molecular weight excluding hydrogens is 653 g/mol. The number of thiophene rings is 1. The van der Waals surface area contributed by atoms with Crippen molar-refractivity contribution < 1.29 is 4.42 Å². The standard InChI is InChI=1S/C48H28N2OS/c1-2-10-29(11-3-1)35-24-25-42-39(27-35)40-28-41(36-14-6-7-15-37(36)46(40)51-42)48-49-44(47-45(50-48)38-16-8-9-17-43(38)52-47)32-21-18-31(19-22-32)34-23-20-30-12-4-5-13-33(30)26-34/h1-28H. The fourth-order valence-corrected chi connectivity index (χ4v) is 8.84. The van der Waals surface area contributed by atoms with Gasteiger partial charge in [0, 0.05) is 37.4 Å². The summed E-state index contributed by atoms with van der Waals surface area (Å²) in [6.45, 7) is 0. The van der Waals surface area contributed by atoms with E-state index in [9.17, 15) is 0 Å². The Bertz CT molecular complexity index is 3180. The third-order valence-corrected chi connectivity index (χ3v) is 11.5. The van der Waals surface area contributed by atoms with Gasteiger partial charge in [0.05, 0.1) is 15.9 Å². The molecule has 0 aliphatic heterocycles. The van der Waals surface area contributed by atoms with E-state index in [0.29, 0.717) is 5.82 Å². The summed E-state index contributed by atoms with van der Waals surface area (Å²) in [6.07, 6.45) is 0. The van der Waals surface area contributed by atoms with E-state index in [-0.39, 0.29) is 0 Å². The summed E-state index contributed by atoms with van der Waals surface area (Å²) < 4.78 is 8.88. The maximum Gasteiger partial charge on any atom is 0.161 e. The van der Waals surface area contributed by atoms with E-state index in [1.807, 2.05) is 0 Å². The first-order valence-electron chi connectivity index (χ1n) is 17.5. The molecule has 3 heterocycles. The van der Waals surface area contributed by atoms with Gasteiger partial charge in [-0.2, -0.15) is 0 Å². The number of hydrogen-bond acceptors (Lipinski definition) is 4. The van der Waals surface area contributed by atoms with Gasteiger partial charge in [0.15, 0.2) is 5.82 Å². The Morgan fingerprint density at radius 3 is 1.94 bits per heavy atom. The van der Waals surface area contributed by atoms with E-state index < -0.39 is 0 Å². The predicted octanol–water partition coefficient (Wildman–Crippen LogP) is 13.7. The third kappa shape index (κ3) is 4.58. The molecule has 242 valence electrons. The van der Waals surface area contributed by atoms with Crippen LogP contribution in [0.3, 0.4) is 0 Å². The van der Waals surface area contributed by atoms with Gasteiger partial charge in [0.2, 0.25) is 0 Å². The smallest absolute Gasteiger partial charge is 0.161 e. The lowest BCUT2D eigenvalue weighted by Gasteiger charge is -2.11. The molecule has 3 nitrogen and oxygen atoms in total.